The fraction of sp³-hybridized carbons (Fsp3) is 0. The second kappa shape index (κ2) is 4.52. The number of nitrogens with one attached hydrogen (secondary N) is 1. The van der Waals surface area contributed by atoms with E-state index in [1.807, 2.05) is 6.07 Å². The van der Waals surface area contributed by atoms with E-state index in [1.54, 1.807) is 18.2 Å². The normalized spacial score (nSPS) is 10.8. The fourth-order valence-corrected chi connectivity index (χ4v) is 2.22. The molecule has 4 heteroatoms. The van der Waals surface area contributed by atoms with Gasteiger partial charge in [0.25, 0.3) is 0 Å². The number of benzene rings is 2. The lowest BCUT2D eigenvalue weighted by atomic mass is 10.1. The van der Waals surface area contributed by atoms with Crippen LogP contribution in [-0.4, -0.2) is 4.98 Å². The molecule has 0 aliphatic heterocycles. The number of hydrogen-bond donors (Lipinski definition) is 1. The highest BCUT2D eigenvalue weighted by molar-refractivity contribution is 6.30. The number of aromatic amines is 1. The lowest BCUT2D eigenvalue weighted by Gasteiger charge is -2.06. The van der Waals surface area contributed by atoms with E-state index >= 15 is 0 Å². The van der Waals surface area contributed by atoms with Gasteiger partial charge in [-0.25, -0.2) is 4.39 Å². The number of fused-ring (bicyclic) bond motifs is 1. The Morgan fingerprint density at radius 1 is 1.05 bits per heavy atom. The third-order valence-electron chi connectivity index (χ3n) is 2.96. The zero-order chi connectivity index (χ0) is 13.4. The van der Waals surface area contributed by atoms with Crippen LogP contribution in [0.3, 0.4) is 0 Å². The molecular weight excluding hydrogens is 265 g/mol. The van der Waals surface area contributed by atoms with Gasteiger partial charge in [-0.05, 0) is 30.3 Å². The Morgan fingerprint density at radius 3 is 2.68 bits per heavy atom. The first-order valence-corrected chi connectivity index (χ1v) is 6.10. The highest BCUT2D eigenvalue weighted by Gasteiger charge is 2.09. The van der Waals surface area contributed by atoms with Gasteiger partial charge in [0.1, 0.15) is 5.82 Å². The summed E-state index contributed by atoms with van der Waals surface area (Å²) in [5.41, 5.74) is 1.23. The maximum absolute atomic E-state index is 13.8. The number of pyridine rings is 1. The molecule has 0 aliphatic rings. The fourth-order valence-electron chi connectivity index (χ4n) is 2.05. The Bertz CT molecular complexity index is 826. The molecule has 0 bridgehead atoms. The number of rotatable bonds is 1. The minimum absolute atomic E-state index is 0.149. The Balaban J connectivity index is 2.31. The van der Waals surface area contributed by atoms with E-state index in [0.717, 1.165) is 0 Å². The Labute approximate surface area is 113 Å². The SMILES string of the molecule is O=c1cc(-c2cc(Cl)ccc2F)[nH]c2ccccc12. The largest absolute Gasteiger partial charge is 0.354 e. The van der Waals surface area contributed by atoms with Gasteiger partial charge in [-0.2, -0.15) is 0 Å². The summed E-state index contributed by atoms with van der Waals surface area (Å²) in [6.45, 7) is 0. The van der Waals surface area contributed by atoms with Gasteiger partial charge in [0, 0.05) is 27.6 Å². The highest BCUT2D eigenvalue weighted by atomic mass is 35.5. The molecule has 1 aromatic heterocycles. The van der Waals surface area contributed by atoms with Crippen LogP contribution in [0.4, 0.5) is 4.39 Å². The van der Waals surface area contributed by atoms with Crippen molar-refractivity contribution < 1.29 is 4.39 Å². The van der Waals surface area contributed by atoms with Gasteiger partial charge < -0.3 is 4.98 Å². The van der Waals surface area contributed by atoms with Crippen LogP contribution < -0.4 is 5.43 Å². The van der Waals surface area contributed by atoms with Crippen molar-refractivity contribution in [2.75, 3.05) is 0 Å². The van der Waals surface area contributed by atoms with E-state index in [1.165, 1.54) is 24.3 Å². The summed E-state index contributed by atoms with van der Waals surface area (Å²) in [6, 6.07) is 12.8. The molecular formula is C15H9ClFNO. The van der Waals surface area contributed by atoms with Crippen LogP contribution in [0.15, 0.2) is 53.3 Å². The van der Waals surface area contributed by atoms with E-state index in [2.05, 4.69) is 4.98 Å². The van der Waals surface area contributed by atoms with Crippen molar-refractivity contribution in [3.05, 3.63) is 69.6 Å². The van der Waals surface area contributed by atoms with Crippen LogP contribution in [0, 0.1) is 5.82 Å². The molecule has 0 spiro atoms. The molecule has 1 N–H and O–H groups in total. The molecule has 0 saturated heterocycles. The van der Waals surface area contributed by atoms with Crippen LogP contribution in [0.25, 0.3) is 22.2 Å². The maximum atomic E-state index is 13.8. The van der Waals surface area contributed by atoms with Crippen LogP contribution in [-0.2, 0) is 0 Å². The predicted octanol–water partition coefficient (Wildman–Crippen LogP) is 3.99. The minimum Gasteiger partial charge on any atom is -0.354 e. The average molecular weight is 274 g/mol. The van der Waals surface area contributed by atoms with Crippen molar-refractivity contribution in [2.45, 2.75) is 0 Å². The molecule has 0 unspecified atom stereocenters. The standard InChI is InChI=1S/C15H9ClFNO/c16-9-5-6-12(17)11(7-9)14-8-15(19)10-3-1-2-4-13(10)18-14/h1-8H,(H,18,19). The predicted molar refractivity (Wildman–Crippen MR) is 75.0 cm³/mol. The molecule has 2 nitrogen and oxygen atoms in total. The van der Waals surface area contributed by atoms with Crippen molar-refractivity contribution >= 4 is 22.5 Å². The summed E-state index contributed by atoms with van der Waals surface area (Å²) in [6.07, 6.45) is 0. The second-order valence-electron chi connectivity index (χ2n) is 4.22. The molecule has 1 heterocycles. The van der Waals surface area contributed by atoms with Crippen molar-refractivity contribution in [2.24, 2.45) is 0 Å². The number of halogens is 2. The van der Waals surface area contributed by atoms with Crippen LogP contribution in [0.5, 0.6) is 0 Å². The van der Waals surface area contributed by atoms with Crippen LogP contribution in [0.2, 0.25) is 5.02 Å². The number of hydrogen-bond acceptors (Lipinski definition) is 1. The highest BCUT2D eigenvalue weighted by Crippen LogP contribution is 2.24. The van der Waals surface area contributed by atoms with Gasteiger partial charge in [0.15, 0.2) is 5.43 Å². The quantitative estimate of drug-likeness (QED) is 0.714. The van der Waals surface area contributed by atoms with Gasteiger partial charge in [0.2, 0.25) is 0 Å². The smallest absolute Gasteiger partial charge is 0.190 e. The van der Waals surface area contributed by atoms with Gasteiger partial charge in [-0.1, -0.05) is 23.7 Å². The Hall–Kier alpha value is -2.13. The zero-order valence-electron chi connectivity index (χ0n) is 9.78. The first-order valence-electron chi connectivity index (χ1n) is 5.72. The van der Waals surface area contributed by atoms with E-state index in [9.17, 15) is 9.18 Å². The summed E-state index contributed by atoms with van der Waals surface area (Å²) in [4.78, 5) is 15.0. The summed E-state index contributed by atoms with van der Waals surface area (Å²) in [5, 5.41) is 0.999. The lowest BCUT2D eigenvalue weighted by Crippen LogP contribution is -2.03. The summed E-state index contributed by atoms with van der Waals surface area (Å²) in [7, 11) is 0. The molecule has 0 atom stereocenters. The molecule has 0 fully saturated rings. The summed E-state index contributed by atoms with van der Waals surface area (Å²) in [5.74, 6) is -0.421. The van der Waals surface area contributed by atoms with Gasteiger partial charge in [0.05, 0.1) is 5.69 Å². The monoisotopic (exact) mass is 273 g/mol. The Morgan fingerprint density at radius 2 is 1.84 bits per heavy atom. The van der Waals surface area contributed by atoms with Crippen molar-refractivity contribution in [3.8, 4) is 11.3 Å². The topological polar surface area (TPSA) is 32.9 Å². The molecule has 0 aliphatic carbocycles. The first-order chi connectivity index (χ1) is 9.15. The number of para-hydroxylation sites is 1. The van der Waals surface area contributed by atoms with E-state index in [-0.39, 0.29) is 11.0 Å². The molecule has 0 radical (unpaired) electrons. The second-order valence-corrected chi connectivity index (χ2v) is 4.65. The molecule has 2 aromatic carbocycles. The maximum Gasteiger partial charge on any atom is 0.190 e. The number of H-pyrrole nitrogens is 1. The third kappa shape index (κ3) is 2.13. The van der Waals surface area contributed by atoms with Gasteiger partial charge >= 0.3 is 0 Å². The van der Waals surface area contributed by atoms with E-state index in [0.29, 0.717) is 21.6 Å². The summed E-state index contributed by atoms with van der Waals surface area (Å²) < 4.78 is 13.8. The molecule has 19 heavy (non-hydrogen) atoms. The van der Waals surface area contributed by atoms with Gasteiger partial charge in [-0.3, -0.25) is 4.79 Å². The van der Waals surface area contributed by atoms with Crippen molar-refractivity contribution in [3.63, 3.8) is 0 Å². The van der Waals surface area contributed by atoms with Crippen LogP contribution in [0.1, 0.15) is 0 Å². The molecule has 0 amide bonds. The Kier molecular flexibility index (Phi) is 2.84. The number of aromatic nitrogens is 1. The minimum atomic E-state index is -0.421. The summed E-state index contributed by atoms with van der Waals surface area (Å²) >= 11 is 5.87. The third-order valence-corrected chi connectivity index (χ3v) is 3.19. The zero-order valence-corrected chi connectivity index (χ0v) is 10.5. The van der Waals surface area contributed by atoms with E-state index < -0.39 is 5.82 Å². The lowest BCUT2D eigenvalue weighted by molar-refractivity contribution is 0.631. The molecule has 3 aromatic rings. The van der Waals surface area contributed by atoms with E-state index in [4.69, 9.17) is 11.6 Å². The van der Waals surface area contributed by atoms with Crippen molar-refractivity contribution in [1.82, 2.24) is 4.98 Å². The molecule has 3 rings (SSSR count). The molecule has 94 valence electrons. The van der Waals surface area contributed by atoms with Crippen molar-refractivity contribution in [1.29, 1.82) is 0 Å². The van der Waals surface area contributed by atoms with Crippen LogP contribution >= 0.6 is 11.6 Å². The average Bonchev–Trinajstić information content (AvgIpc) is 2.41. The first kappa shape index (κ1) is 11.9. The molecule has 0 saturated carbocycles. The van der Waals surface area contributed by atoms with Gasteiger partial charge in [-0.15, -0.1) is 0 Å².